The van der Waals surface area contributed by atoms with Crippen LogP contribution in [0.2, 0.25) is 0 Å². The smallest absolute Gasteiger partial charge is 0.324 e. The predicted molar refractivity (Wildman–Crippen MR) is 94.4 cm³/mol. The van der Waals surface area contributed by atoms with Gasteiger partial charge in [0.25, 0.3) is 5.91 Å². The molecule has 144 valence electrons. The maximum absolute atomic E-state index is 12.5. The van der Waals surface area contributed by atoms with Crippen LogP contribution in [-0.4, -0.2) is 67.5 Å². The Kier molecular flexibility index (Phi) is 7.68. The molecule has 7 nitrogen and oxygen atoms in total. The first-order chi connectivity index (χ1) is 12.0. The zero-order valence-electron chi connectivity index (χ0n) is 15.1. The van der Waals surface area contributed by atoms with Gasteiger partial charge in [-0.15, -0.1) is 0 Å². The molecule has 0 unspecified atom stereocenters. The SMILES string of the molecule is CCCC[C@H](C(=O)OCC(=O)N1CCCCCC1)N1CCCS1(=O)=O. The molecular formula is C17H30N2O5S. The first kappa shape index (κ1) is 20.2. The average molecular weight is 375 g/mol. The number of ether oxygens (including phenoxy) is 1. The van der Waals surface area contributed by atoms with E-state index >= 15 is 0 Å². The molecular weight excluding hydrogens is 344 g/mol. The monoisotopic (exact) mass is 374 g/mol. The number of rotatable bonds is 7. The summed E-state index contributed by atoms with van der Waals surface area (Å²) in [6.07, 6.45) is 6.77. The Morgan fingerprint density at radius 3 is 2.28 bits per heavy atom. The molecule has 1 atom stereocenters. The van der Waals surface area contributed by atoms with Gasteiger partial charge in [0, 0.05) is 19.6 Å². The number of nitrogens with zero attached hydrogens (tertiary/aromatic N) is 2. The highest BCUT2D eigenvalue weighted by atomic mass is 32.2. The van der Waals surface area contributed by atoms with Gasteiger partial charge < -0.3 is 9.64 Å². The number of amides is 1. The molecule has 0 bridgehead atoms. The summed E-state index contributed by atoms with van der Waals surface area (Å²) in [7, 11) is -3.39. The Labute approximate surface area is 150 Å². The lowest BCUT2D eigenvalue weighted by Gasteiger charge is -2.25. The second-order valence-electron chi connectivity index (χ2n) is 6.84. The van der Waals surface area contributed by atoms with Crippen LogP contribution in [0.1, 0.15) is 58.3 Å². The van der Waals surface area contributed by atoms with Gasteiger partial charge in [0.15, 0.2) is 6.61 Å². The van der Waals surface area contributed by atoms with Gasteiger partial charge in [-0.25, -0.2) is 8.42 Å². The van der Waals surface area contributed by atoms with Crippen LogP contribution >= 0.6 is 0 Å². The van der Waals surface area contributed by atoms with Crippen LogP contribution in [0.25, 0.3) is 0 Å². The highest BCUT2D eigenvalue weighted by Crippen LogP contribution is 2.22. The summed E-state index contributed by atoms with van der Waals surface area (Å²) >= 11 is 0. The lowest BCUT2D eigenvalue weighted by molar-refractivity contribution is -0.155. The molecule has 0 aromatic rings. The van der Waals surface area contributed by atoms with E-state index in [0.29, 0.717) is 32.5 Å². The summed E-state index contributed by atoms with van der Waals surface area (Å²) in [6.45, 7) is 3.46. The fourth-order valence-corrected chi connectivity index (χ4v) is 5.14. The molecule has 2 fully saturated rings. The van der Waals surface area contributed by atoms with Crippen LogP contribution in [0.3, 0.4) is 0 Å². The second kappa shape index (κ2) is 9.52. The molecule has 8 heteroatoms. The minimum Gasteiger partial charge on any atom is -0.454 e. The lowest BCUT2D eigenvalue weighted by Crippen LogP contribution is -2.44. The molecule has 2 heterocycles. The highest BCUT2D eigenvalue weighted by Gasteiger charge is 2.39. The molecule has 25 heavy (non-hydrogen) atoms. The molecule has 0 spiro atoms. The summed E-state index contributed by atoms with van der Waals surface area (Å²) in [6, 6.07) is -0.801. The molecule has 1 amide bonds. The van der Waals surface area contributed by atoms with Crippen LogP contribution in [0.5, 0.6) is 0 Å². The Balaban J connectivity index is 1.93. The van der Waals surface area contributed by atoms with Gasteiger partial charge in [-0.2, -0.15) is 4.31 Å². The van der Waals surface area contributed by atoms with Crippen LogP contribution in [0.4, 0.5) is 0 Å². The van der Waals surface area contributed by atoms with Gasteiger partial charge in [0.2, 0.25) is 10.0 Å². The molecule has 0 aromatic heterocycles. The summed E-state index contributed by atoms with van der Waals surface area (Å²) in [5.41, 5.74) is 0. The minimum atomic E-state index is -3.39. The molecule has 0 radical (unpaired) electrons. The molecule has 0 aliphatic carbocycles. The fourth-order valence-electron chi connectivity index (χ4n) is 3.43. The number of esters is 1. The van der Waals surface area contributed by atoms with Crippen LogP contribution in [0, 0.1) is 0 Å². The van der Waals surface area contributed by atoms with Gasteiger partial charge in [0.05, 0.1) is 5.75 Å². The third-order valence-electron chi connectivity index (χ3n) is 4.89. The zero-order chi connectivity index (χ0) is 18.3. The number of sulfonamides is 1. The zero-order valence-corrected chi connectivity index (χ0v) is 15.9. The van der Waals surface area contributed by atoms with Crippen molar-refractivity contribution in [1.82, 2.24) is 9.21 Å². The van der Waals surface area contributed by atoms with Crippen molar-refractivity contribution in [3.05, 3.63) is 0 Å². The third kappa shape index (κ3) is 5.67. The van der Waals surface area contributed by atoms with E-state index in [1.807, 2.05) is 6.92 Å². The number of carbonyl (C=O) groups is 2. The van der Waals surface area contributed by atoms with Gasteiger partial charge in [-0.1, -0.05) is 32.6 Å². The number of unbranched alkanes of at least 4 members (excludes halogenated alkanes) is 1. The quantitative estimate of drug-likeness (QED) is 0.631. The number of carbonyl (C=O) groups excluding carboxylic acids is 2. The second-order valence-corrected chi connectivity index (χ2v) is 8.88. The Hall–Kier alpha value is -1.15. The summed E-state index contributed by atoms with van der Waals surface area (Å²) < 4.78 is 30.8. The standard InChI is InChI=1S/C17H30N2O5S/c1-2-3-9-15(19-12-8-13-25(19,22)23)17(21)24-14-16(20)18-10-6-4-5-7-11-18/h15H,2-14H2,1H3/t15-/m1/s1. The van der Waals surface area contributed by atoms with Crippen molar-refractivity contribution in [2.45, 2.75) is 64.3 Å². The molecule has 2 saturated heterocycles. The van der Waals surface area contributed by atoms with Crippen molar-refractivity contribution < 1.29 is 22.7 Å². The van der Waals surface area contributed by atoms with E-state index in [1.165, 1.54) is 4.31 Å². The Bertz CT molecular complexity index is 555. The minimum absolute atomic E-state index is 0.0790. The topological polar surface area (TPSA) is 84.0 Å². The van der Waals surface area contributed by atoms with Gasteiger partial charge in [-0.3, -0.25) is 9.59 Å². The summed E-state index contributed by atoms with van der Waals surface area (Å²) in [5, 5.41) is 0. The molecule has 0 aromatic carbocycles. The maximum atomic E-state index is 12.5. The lowest BCUT2D eigenvalue weighted by atomic mass is 10.1. The van der Waals surface area contributed by atoms with Crippen molar-refractivity contribution in [2.75, 3.05) is 32.0 Å². The largest absolute Gasteiger partial charge is 0.454 e. The van der Waals surface area contributed by atoms with Gasteiger partial charge in [0.1, 0.15) is 6.04 Å². The first-order valence-corrected chi connectivity index (χ1v) is 11.0. The first-order valence-electron chi connectivity index (χ1n) is 9.39. The normalized spacial score (nSPS) is 22.4. The predicted octanol–water partition coefficient (Wildman–Crippen LogP) is 1.53. The van der Waals surface area contributed by atoms with Crippen LogP contribution < -0.4 is 0 Å². The molecule has 2 rings (SSSR count). The Morgan fingerprint density at radius 2 is 1.72 bits per heavy atom. The van der Waals surface area contributed by atoms with Crippen LogP contribution in [-0.2, 0) is 24.3 Å². The van der Waals surface area contributed by atoms with Crippen molar-refractivity contribution >= 4 is 21.9 Å². The summed E-state index contributed by atoms with van der Waals surface area (Å²) in [4.78, 5) is 26.5. The van der Waals surface area contributed by atoms with E-state index in [4.69, 9.17) is 4.74 Å². The van der Waals surface area contributed by atoms with Crippen LogP contribution in [0.15, 0.2) is 0 Å². The maximum Gasteiger partial charge on any atom is 0.324 e. The fraction of sp³-hybridized carbons (Fsp3) is 0.882. The van der Waals surface area contributed by atoms with E-state index in [0.717, 1.165) is 38.5 Å². The molecule has 0 saturated carbocycles. The molecule has 0 N–H and O–H groups in total. The van der Waals surface area contributed by atoms with Crippen molar-refractivity contribution in [3.8, 4) is 0 Å². The molecule has 2 aliphatic rings. The van der Waals surface area contributed by atoms with Crippen molar-refractivity contribution in [1.29, 1.82) is 0 Å². The highest BCUT2D eigenvalue weighted by molar-refractivity contribution is 7.89. The van der Waals surface area contributed by atoms with E-state index in [9.17, 15) is 18.0 Å². The average Bonchev–Trinajstić information content (AvgIpc) is 2.80. The van der Waals surface area contributed by atoms with E-state index < -0.39 is 22.0 Å². The number of likely N-dealkylation sites (tertiary alicyclic amines) is 1. The number of hydrogen-bond donors (Lipinski definition) is 0. The number of hydrogen-bond acceptors (Lipinski definition) is 5. The van der Waals surface area contributed by atoms with E-state index in [2.05, 4.69) is 0 Å². The Morgan fingerprint density at radius 1 is 1.04 bits per heavy atom. The van der Waals surface area contributed by atoms with Gasteiger partial charge in [-0.05, 0) is 25.7 Å². The van der Waals surface area contributed by atoms with Gasteiger partial charge >= 0.3 is 5.97 Å². The van der Waals surface area contributed by atoms with E-state index in [-0.39, 0.29) is 18.3 Å². The van der Waals surface area contributed by atoms with Crippen molar-refractivity contribution in [3.63, 3.8) is 0 Å². The summed E-state index contributed by atoms with van der Waals surface area (Å²) in [5.74, 6) is -0.703. The molecule has 2 aliphatic heterocycles. The third-order valence-corrected chi connectivity index (χ3v) is 6.84. The van der Waals surface area contributed by atoms with Crippen molar-refractivity contribution in [2.24, 2.45) is 0 Å². The van der Waals surface area contributed by atoms with E-state index in [1.54, 1.807) is 4.90 Å².